The monoisotopic (exact) mass is 238 g/mol. The molecule has 1 aromatic rings. The number of nitrogens with two attached hydrogens (primary N) is 1. The summed E-state index contributed by atoms with van der Waals surface area (Å²) in [4.78, 5) is 11.6. The van der Waals surface area contributed by atoms with Crippen molar-refractivity contribution in [2.24, 2.45) is 0 Å². The SMILES string of the molecule is Nc1cnn(CC(=O)NCC2(O)CCCC2)c1. The number of aliphatic hydroxyl groups is 1. The van der Waals surface area contributed by atoms with Crippen LogP contribution in [0.2, 0.25) is 0 Å². The molecule has 0 spiro atoms. The predicted octanol–water partition coefficient (Wildman–Crippen LogP) is -0.113. The molecule has 1 aliphatic carbocycles. The van der Waals surface area contributed by atoms with Crippen molar-refractivity contribution < 1.29 is 9.90 Å². The molecule has 6 nitrogen and oxygen atoms in total. The third-order valence-electron chi connectivity index (χ3n) is 3.11. The average molecular weight is 238 g/mol. The summed E-state index contributed by atoms with van der Waals surface area (Å²) in [6, 6.07) is 0. The normalized spacial score (nSPS) is 18.2. The van der Waals surface area contributed by atoms with Gasteiger partial charge in [0.05, 0.1) is 17.5 Å². The number of rotatable bonds is 4. The highest BCUT2D eigenvalue weighted by molar-refractivity contribution is 5.75. The van der Waals surface area contributed by atoms with Crippen LogP contribution in [-0.2, 0) is 11.3 Å². The zero-order valence-corrected chi connectivity index (χ0v) is 9.72. The van der Waals surface area contributed by atoms with E-state index in [1.54, 1.807) is 6.20 Å². The van der Waals surface area contributed by atoms with E-state index >= 15 is 0 Å². The van der Waals surface area contributed by atoms with Crippen molar-refractivity contribution in [2.45, 2.75) is 37.8 Å². The van der Waals surface area contributed by atoms with Crippen LogP contribution in [0.25, 0.3) is 0 Å². The number of hydrogen-bond donors (Lipinski definition) is 3. The Labute approximate surface area is 99.8 Å². The first-order valence-corrected chi connectivity index (χ1v) is 5.84. The van der Waals surface area contributed by atoms with Crippen molar-refractivity contribution in [1.82, 2.24) is 15.1 Å². The van der Waals surface area contributed by atoms with Crippen molar-refractivity contribution in [1.29, 1.82) is 0 Å². The Kier molecular flexibility index (Phi) is 3.33. The first-order valence-electron chi connectivity index (χ1n) is 5.84. The Morgan fingerprint density at radius 3 is 2.88 bits per heavy atom. The number of nitrogens with zero attached hydrogens (tertiary/aromatic N) is 2. The zero-order valence-electron chi connectivity index (χ0n) is 9.72. The van der Waals surface area contributed by atoms with Crippen molar-refractivity contribution in [3.8, 4) is 0 Å². The molecule has 1 fully saturated rings. The minimum atomic E-state index is -0.710. The van der Waals surface area contributed by atoms with E-state index in [4.69, 9.17) is 5.73 Å². The summed E-state index contributed by atoms with van der Waals surface area (Å²) in [6.07, 6.45) is 6.69. The maximum atomic E-state index is 11.6. The van der Waals surface area contributed by atoms with Gasteiger partial charge in [0.2, 0.25) is 5.91 Å². The number of nitrogen functional groups attached to an aromatic ring is 1. The maximum absolute atomic E-state index is 11.6. The van der Waals surface area contributed by atoms with Crippen LogP contribution >= 0.6 is 0 Å². The van der Waals surface area contributed by atoms with Crippen LogP contribution < -0.4 is 11.1 Å². The second-order valence-electron chi connectivity index (χ2n) is 4.68. The van der Waals surface area contributed by atoms with Gasteiger partial charge >= 0.3 is 0 Å². The van der Waals surface area contributed by atoms with Crippen LogP contribution in [0, 0.1) is 0 Å². The van der Waals surface area contributed by atoms with E-state index in [0.717, 1.165) is 25.7 Å². The summed E-state index contributed by atoms with van der Waals surface area (Å²) in [5, 5.41) is 16.7. The Morgan fingerprint density at radius 2 is 2.29 bits per heavy atom. The molecule has 2 rings (SSSR count). The standard InChI is InChI=1S/C11H18N4O2/c12-9-5-14-15(6-9)7-10(16)13-8-11(17)3-1-2-4-11/h5-6,17H,1-4,7-8,12H2,(H,13,16). The molecule has 1 heterocycles. The van der Waals surface area contributed by atoms with Gasteiger partial charge < -0.3 is 16.2 Å². The Morgan fingerprint density at radius 1 is 1.59 bits per heavy atom. The largest absolute Gasteiger partial charge is 0.396 e. The quantitative estimate of drug-likeness (QED) is 0.682. The van der Waals surface area contributed by atoms with Gasteiger partial charge in [0.1, 0.15) is 6.54 Å². The first kappa shape index (κ1) is 11.9. The number of hydrogen-bond acceptors (Lipinski definition) is 4. The third kappa shape index (κ3) is 3.20. The number of anilines is 1. The summed E-state index contributed by atoms with van der Waals surface area (Å²) in [7, 11) is 0. The van der Waals surface area contributed by atoms with Gasteiger partial charge in [-0.2, -0.15) is 5.10 Å². The van der Waals surface area contributed by atoms with Crippen molar-refractivity contribution >= 4 is 11.6 Å². The molecule has 0 saturated heterocycles. The molecular weight excluding hydrogens is 220 g/mol. The smallest absolute Gasteiger partial charge is 0.241 e. The maximum Gasteiger partial charge on any atom is 0.241 e. The van der Waals surface area contributed by atoms with Gasteiger partial charge in [-0.1, -0.05) is 12.8 Å². The van der Waals surface area contributed by atoms with Gasteiger partial charge in [-0.3, -0.25) is 9.48 Å². The summed E-state index contributed by atoms with van der Waals surface area (Å²) in [5.74, 6) is -0.159. The van der Waals surface area contributed by atoms with E-state index in [0.29, 0.717) is 12.2 Å². The van der Waals surface area contributed by atoms with Crippen molar-refractivity contribution in [2.75, 3.05) is 12.3 Å². The van der Waals surface area contributed by atoms with E-state index in [9.17, 15) is 9.90 Å². The molecule has 0 bridgehead atoms. The van der Waals surface area contributed by atoms with Gasteiger partial charge in [0.25, 0.3) is 0 Å². The molecule has 6 heteroatoms. The van der Waals surface area contributed by atoms with Gasteiger partial charge in [0.15, 0.2) is 0 Å². The average Bonchev–Trinajstić information content (AvgIpc) is 2.86. The molecule has 17 heavy (non-hydrogen) atoms. The molecule has 0 aromatic carbocycles. The molecular formula is C11H18N4O2. The summed E-state index contributed by atoms with van der Waals surface area (Å²) < 4.78 is 1.48. The fourth-order valence-corrected chi connectivity index (χ4v) is 2.14. The van der Waals surface area contributed by atoms with Crippen LogP contribution in [0.1, 0.15) is 25.7 Å². The molecule has 4 N–H and O–H groups in total. The lowest BCUT2D eigenvalue weighted by Crippen LogP contribution is -2.41. The number of carbonyl (C=O) groups excluding carboxylic acids is 1. The molecule has 94 valence electrons. The molecule has 1 aliphatic rings. The molecule has 0 aliphatic heterocycles. The van der Waals surface area contributed by atoms with Gasteiger partial charge in [-0.05, 0) is 12.8 Å². The number of aromatic nitrogens is 2. The van der Waals surface area contributed by atoms with Crippen LogP contribution in [0.5, 0.6) is 0 Å². The van der Waals surface area contributed by atoms with Crippen molar-refractivity contribution in [3.63, 3.8) is 0 Å². The van der Waals surface area contributed by atoms with Crippen LogP contribution in [-0.4, -0.2) is 32.9 Å². The predicted molar refractivity (Wildman–Crippen MR) is 63.1 cm³/mol. The Bertz CT molecular complexity index is 396. The number of amides is 1. The number of carbonyl (C=O) groups is 1. The van der Waals surface area contributed by atoms with Crippen LogP contribution in [0.3, 0.4) is 0 Å². The molecule has 1 saturated carbocycles. The Hall–Kier alpha value is -1.56. The lowest BCUT2D eigenvalue weighted by Gasteiger charge is -2.22. The minimum Gasteiger partial charge on any atom is -0.396 e. The van der Waals surface area contributed by atoms with Gasteiger partial charge in [0, 0.05) is 12.7 Å². The summed E-state index contributed by atoms with van der Waals surface area (Å²) >= 11 is 0. The highest BCUT2D eigenvalue weighted by atomic mass is 16.3. The highest BCUT2D eigenvalue weighted by Gasteiger charge is 2.31. The fourth-order valence-electron chi connectivity index (χ4n) is 2.14. The second-order valence-corrected chi connectivity index (χ2v) is 4.68. The lowest BCUT2D eigenvalue weighted by atomic mass is 10.0. The van der Waals surface area contributed by atoms with Gasteiger partial charge in [-0.15, -0.1) is 0 Å². The van der Waals surface area contributed by atoms with Crippen LogP contribution in [0.4, 0.5) is 5.69 Å². The summed E-state index contributed by atoms with van der Waals surface area (Å²) in [6.45, 7) is 0.454. The minimum absolute atomic E-state index is 0.132. The van der Waals surface area contributed by atoms with E-state index in [1.165, 1.54) is 10.9 Å². The van der Waals surface area contributed by atoms with Crippen LogP contribution in [0.15, 0.2) is 12.4 Å². The number of nitrogens with one attached hydrogen (secondary N) is 1. The van der Waals surface area contributed by atoms with E-state index in [-0.39, 0.29) is 12.5 Å². The molecule has 1 aromatic heterocycles. The van der Waals surface area contributed by atoms with E-state index in [1.807, 2.05) is 0 Å². The molecule has 0 unspecified atom stereocenters. The highest BCUT2D eigenvalue weighted by Crippen LogP contribution is 2.28. The lowest BCUT2D eigenvalue weighted by molar-refractivity contribution is -0.123. The summed E-state index contributed by atoms with van der Waals surface area (Å²) in [5.41, 5.74) is 5.32. The fraction of sp³-hybridized carbons (Fsp3) is 0.636. The Balaban J connectivity index is 1.77. The second kappa shape index (κ2) is 4.75. The molecule has 0 radical (unpaired) electrons. The van der Waals surface area contributed by atoms with E-state index < -0.39 is 5.60 Å². The molecule has 1 amide bonds. The topological polar surface area (TPSA) is 93.2 Å². The third-order valence-corrected chi connectivity index (χ3v) is 3.11. The zero-order chi connectivity index (χ0) is 12.3. The van der Waals surface area contributed by atoms with Crippen molar-refractivity contribution in [3.05, 3.63) is 12.4 Å². The van der Waals surface area contributed by atoms with E-state index in [2.05, 4.69) is 10.4 Å². The first-order chi connectivity index (χ1) is 8.07. The molecule has 0 atom stereocenters. The van der Waals surface area contributed by atoms with Gasteiger partial charge in [-0.25, -0.2) is 0 Å².